The van der Waals surface area contributed by atoms with E-state index in [2.05, 4.69) is 11.1 Å². The molecule has 1 unspecified atom stereocenters. The maximum atomic E-state index is 11.6. The minimum atomic E-state index is -3.02. The zero-order chi connectivity index (χ0) is 13.2. The summed E-state index contributed by atoms with van der Waals surface area (Å²) in [6.07, 6.45) is 4.39. The summed E-state index contributed by atoms with van der Waals surface area (Å²) >= 11 is 0. The molecule has 0 aliphatic carbocycles. The van der Waals surface area contributed by atoms with Gasteiger partial charge in [0.1, 0.15) is 5.82 Å². The van der Waals surface area contributed by atoms with Gasteiger partial charge in [0.25, 0.3) is 0 Å². The van der Waals surface area contributed by atoms with Crippen molar-refractivity contribution >= 4 is 15.7 Å². The second-order valence-electron chi connectivity index (χ2n) is 4.55. The highest BCUT2D eigenvalue weighted by Crippen LogP contribution is 2.21. The summed E-state index contributed by atoms with van der Waals surface area (Å²) in [5.41, 5.74) is 0.543. The summed E-state index contributed by atoms with van der Waals surface area (Å²) in [5.74, 6) is 0.683. The molecule has 2 rings (SSSR count). The van der Waals surface area contributed by atoms with Crippen LogP contribution in [0.1, 0.15) is 18.4 Å². The van der Waals surface area contributed by atoms with Crippen LogP contribution in [0.5, 0.6) is 0 Å². The lowest BCUT2D eigenvalue weighted by atomic mass is 10.1. The first-order valence-electron chi connectivity index (χ1n) is 5.80. The van der Waals surface area contributed by atoms with Gasteiger partial charge in [0.2, 0.25) is 0 Å². The minimum absolute atomic E-state index is 0.334. The predicted molar refractivity (Wildman–Crippen MR) is 69.0 cm³/mol. The highest BCUT2D eigenvalue weighted by molar-refractivity contribution is 7.91. The van der Waals surface area contributed by atoms with Gasteiger partial charge in [-0.3, -0.25) is 0 Å². The molecule has 6 heteroatoms. The van der Waals surface area contributed by atoms with Crippen LogP contribution in [0.15, 0.2) is 18.3 Å². The Hall–Kier alpha value is -1.61. The maximum Gasteiger partial charge on any atom is 0.152 e. The van der Waals surface area contributed by atoms with Crippen molar-refractivity contribution in [2.45, 2.75) is 18.1 Å². The number of piperidine rings is 1. The molecule has 0 aromatic carbocycles. The van der Waals surface area contributed by atoms with E-state index in [1.807, 2.05) is 4.90 Å². The van der Waals surface area contributed by atoms with E-state index < -0.39 is 9.84 Å². The second kappa shape index (κ2) is 4.94. The van der Waals surface area contributed by atoms with Gasteiger partial charge in [-0.15, -0.1) is 0 Å². The first-order valence-corrected chi connectivity index (χ1v) is 7.76. The van der Waals surface area contributed by atoms with E-state index in [9.17, 15) is 8.42 Å². The number of anilines is 1. The van der Waals surface area contributed by atoms with Crippen molar-refractivity contribution in [3.05, 3.63) is 23.9 Å². The van der Waals surface area contributed by atoms with E-state index >= 15 is 0 Å². The van der Waals surface area contributed by atoms with E-state index in [4.69, 9.17) is 5.26 Å². The Morgan fingerprint density at radius 3 is 3.00 bits per heavy atom. The molecule has 1 aliphatic rings. The van der Waals surface area contributed by atoms with Gasteiger partial charge in [0.15, 0.2) is 9.84 Å². The Bertz CT molecular complexity index is 577. The van der Waals surface area contributed by atoms with Crippen molar-refractivity contribution in [3.63, 3.8) is 0 Å². The number of rotatable bonds is 2. The number of sulfone groups is 1. The molecule has 2 heterocycles. The topological polar surface area (TPSA) is 74.1 Å². The lowest BCUT2D eigenvalue weighted by Crippen LogP contribution is -2.42. The third-order valence-corrected chi connectivity index (χ3v) is 4.78. The normalized spacial score (nSPS) is 20.4. The van der Waals surface area contributed by atoms with Gasteiger partial charge >= 0.3 is 0 Å². The SMILES string of the molecule is CS(=O)(=O)C1CCCN(c2cc(C#N)ccn2)C1. The Labute approximate surface area is 107 Å². The van der Waals surface area contributed by atoms with Gasteiger partial charge in [-0.2, -0.15) is 5.26 Å². The fraction of sp³-hybridized carbons (Fsp3) is 0.500. The third kappa shape index (κ3) is 2.79. The van der Waals surface area contributed by atoms with Gasteiger partial charge in [0, 0.05) is 25.5 Å². The molecule has 96 valence electrons. The number of hydrogen-bond donors (Lipinski definition) is 0. The molecular weight excluding hydrogens is 250 g/mol. The molecule has 0 N–H and O–H groups in total. The van der Waals surface area contributed by atoms with Crippen LogP contribution in [-0.2, 0) is 9.84 Å². The fourth-order valence-electron chi connectivity index (χ4n) is 2.16. The summed E-state index contributed by atoms with van der Waals surface area (Å²) in [6.45, 7) is 1.24. The minimum Gasteiger partial charge on any atom is -0.355 e. The number of nitriles is 1. The molecule has 1 fully saturated rings. The lowest BCUT2D eigenvalue weighted by Gasteiger charge is -2.32. The maximum absolute atomic E-state index is 11.6. The molecule has 1 aliphatic heterocycles. The highest BCUT2D eigenvalue weighted by atomic mass is 32.2. The smallest absolute Gasteiger partial charge is 0.152 e. The summed E-state index contributed by atoms with van der Waals surface area (Å²) in [6, 6.07) is 5.40. The van der Waals surface area contributed by atoms with Crippen LogP contribution in [0.25, 0.3) is 0 Å². The standard InChI is InChI=1S/C12H15N3O2S/c1-18(16,17)11-3-2-6-15(9-11)12-7-10(8-13)4-5-14-12/h4-5,7,11H,2-3,6,9H2,1H3. The van der Waals surface area contributed by atoms with Crippen molar-refractivity contribution in [2.75, 3.05) is 24.2 Å². The van der Waals surface area contributed by atoms with Crippen LogP contribution >= 0.6 is 0 Å². The fourth-order valence-corrected chi connectivity index (χ4v) is 3.20. The third-order valence-electron chi connectivity index (χ3n) is 3.18. The molecule has 0 bridgehead atoms. The van der Waals surface area contributed by atoms with Crippen molar-refractivity contribution < 1.29 is 8.42 Å². The zero-order valence-electron chi connectivity index (χ0n) is 10.2. The molecule has 0 saturated carbocycles. The van der Waals surface area contributed by atoms with Crippen LogP contribution < -0.4 is 4.90 Å². The van der Waals surface area contributed by atoms with Crippen LogP contribution in [0.3, 0.4) is 0 Å². The average Bonchev–Trinajstić information content (AvgIpc) is 2.38. The Morgan fingerprint density at radius 1 is 1.56 bits per heavy atom. The van der Waals surface area contributed by atoms with Gasteiger partial charge in [-0.05, 0) is 25.0 Å². The first-order chi connectivity index (χ1) is 8.50. The van der Waals surface area contributed by atoms with E-state index in [-0.39, 0.29) is 5.25 Å². The Kier molecular flexibility index (Phi) is 3.53. The Morgan fingerprint density at radius 2 is 2.33 bits per heavy atom. The van der Waals surface area contributed by atoms with Gasteiger partial charge in [-0.25, -0.2) is 13.4 Å². The van der Waals surface area contributed by atoms with Crippen molar-refractivity contribution in [2.24, 2.45) is 0 Å². The van der Waals surface area contributed by atoms with Gasteiger partial charge in [0.05, 0.1) is 16.9 Å². The number of pyridine rings is 1. The average molecular weight is 265 g/mol. The molecule has 0 amide bonds. The van der Waals surface area contributed by atoms with Crippen LogP contribution in [0.4, 0.5) is 5.82 Å². The number of aromatic nitrogens is 1. The van der Waals surface area contributed by atoms with E-state index in [0.717, 1.165) is 13.0 Å². The highest BCUT2D eigenvalue weighted by Gasteiger charge is 2.28. The van der Waals surface area contributed by atoms with Crippen LogP contribution in [0.2, 0.25) is 0 Å². The summed E-state index contributed by atoms with van der Waals surface area (Å²) in [5, 5.41) is 8.52. The molecule has 5 nitrogen and oxygen atoms in total. The molecule has 1 aromatic rings. The first kappa shape index (κ1) is 12.8. The molecule has 18 heavy (non-hydrogen) atoms. The molecule has 1 saturated heterocycles. The molecule has 1 atom stereocenters. The number of nitrogens with zero attached hydrogens (tertiary/aromatic N) is 3. The van der Waals surface area contributed by atoms with Crippen LogP contribution in [0, 0.1) is 11.3 Å². The van der Waals surface area contributed by atoms with Crippen molar-refractivity contribution in [3.8, 4) is 6.07 Å². The van der Waals surface area contributed by atoms with E-state index in [1.54, 1.807) is 18.3 Å². The van der Waals surface area contributed by atoms with Gasteiger partial charge < -0.3 is 4.90 Å². The molecule has 1 aromatic heterocycles. The van der Waals surface area contributed by atoms with E-state index in [1.165, 1.54) is 6.26 Å². The molecule has 0 radical (unpaired) electrons. The zero-order valence-corrected chi connectivity index (χ0v) is 11.0. The second-order valence-corrected chi connectivity index (χ2v) is 6.88. The Balaban J connectivity index is 2.21. The number of hydrogen-bond acceptors (Lipinski definition) is 5. The molecule has 0 spiro atoms. The summed E-state index contributed by atoms with van der Waals surface area (Å²) in [7, 11) is -3.02. The largest absolute Gasteiger partial charge is 0.355 e. The predicted octanol–water partition coefficient (Wildman–Crippen LogP) is 0.967. The van der Waals surface area contributed by atoms with E-state index in [0.29, 0.717) is 24.3 Å². The van der Waals surface area contributed by atoms with Gasteiger partial charge in [-0.1, -0.05) is 0 Å². The monoisotopic (exact) mass is 265 g/mol. The summed E-state index contributed by atoms with van der Waals surface area (Å²) < 4.78 is 23.2. The van der Waals surface area contributed by atoms with Crippen molar-refractivity contribution in [1.29, 1.82) is 5.26 Å². The summed E-state index contributed by atoms with van der Waals surface area (Å²) in [4.78, 5) is 6.15. The lowest BCUT2D eigenvalue weighted by molar-refractivity contribution is 0.534. The molecular formula is C12H15N3O2S. The van der Waals surface area contributed by atoms with Crippen molar-refractivity contribution in [1.82, 2.24) is 4.98 Å². The quantitative estimate of drug-likeness (QED) is 0.796. The van der Waals surface area contributed by atoms with Crippen LogP contribution in [-0.4, -0.2) is 38.0 Å².